The summed E-state index contributed by atoms with van der Waals surface area (Å²) in [6, 6.07) is 13.7. The van der Waals surface area contributed by atoms with Crippen LogP contribution in [0.25, 0.3) is 22.1 Å². The van der Waals surface area contributed by atoms with Crippen molar-refractivity contribution in [2.24, 2.45) is 0 Å². The lowest BCUT2D eigenvalue weighted by atomic mass is 10.1. The first-order valence-corrected chi connectivity index (χ1v) is 11.0. The van der Waals surface area contributed by atoms with Crippen LogP contribution in [0, 0.1) is 0 Å². The third-order valence-corrected chi connectivity index (χ3v) is 5.44. The number of aryl methyl sites for hydroxylation is 1. The topological polar surface area (TPSA) is 119 Å². The molecule has 0 atom stereocenters. The summed E-state index contributed by atoms with van der Waals surface area (Å²) >= 11 is 6.17. The minimum atomic E-state index is -0.629. The van der Waals surface area contributed by atoms with E-state index < -0.39 is 11.8 Å². The second-order valence-corrected chi connectivity index (χ2v) is 8.25. The molecule has 9 nitrogen and oxygen atoms in total. The van der Waals surface area contributed by atoms with Gasteiger partial charge in [-0.1, -0.05) is 41.9 Å². The Bertz CT molecular complexity index is 1430. The van der Waals surface area contributed by atoms with Gasteiger partial charge in [0, 0.05) is 23.8 Å². The first kappa shape index (κ1) is 23.2. The Labute approximate surface area is 199 Å². The van der Waals surface area contributed by atoms with Crippen LogP contribution in [-0.4, -0.2) is 26.6 Å². The van der Waals surface area contributed by atoms with Crippen LogP contribution in [0.15, 0.2) is 63.9 Å². The van der Waals surface area contributed by atoms with E-state index in [0.29, 0.717) is 33.0 Å². The number of carbonyl (C=O) groups excluding carboxylic acids is 2. The first-order valence-electron chi connectivity index (χ1n) is 10.7. The van der Waals surface area contributed by atoms with Gasteiger partial charge in [-0.25, -0.2) is 9.67 Å². The molecular formula is C24H22ClN5O4. The minimum Gasteiger partial charge on any atom is -0.441 e. The average Bonchev–Trinajstić information content (AvgIpc) is 3.30. The summed E-state index contributed by atoms with van der Waals surface area (Å²) in [7, 11) is 0. The van der Waals surface area contributed by atoms with Crippen molar-refractivity contribution in [1.82, 2.24) is 25.6 Å². The van der Waals surface area contributed by atoms with E-state index in [1.165, 1.54) is 4.68 Å². The first-order chi connectivity index (χ1) is 16.3. The Kier molecular flexibility index (Phi) is 6.74. The van der Waals surface area contributed by atoms with Crippen molar-refractivity contribution in [1.29, 1.82) is 0 Å². The molecular weight excluding hydrogens is 458 g/mol. The summed E-state index contributed by atoms with van der Waals surface area (Å²) in [6.07, 6.45) is 1.81. The number of carbonyl (C=O) groups is 2. The number of hydrogen-bond acceptors (Lipinski definition) is 6. The molecule has 0 fully saturated rings. The molecule has 0 saturated heterocycles. The molecule has 174 valence electrons. The molecule has 2 aromatic carbocycles. The second-order valence-electron chi connectivity index (χ2n) is 7.84. The number of hydrazine groups is 1. The Morgan fingerprint density at radius 1 is 1.06 bits per heavy atom. The lowest BCUT2D eigenvalue weighted by Gasteiger charge is -2.13. The van der Waals surface area contributed by atoms with Crippen molar-refractivity contribution in [2.75, 3.05) is 0 Å². The van der Waals surface area contributed by atoms with E-state index in [-0.39, 0.29) is 30.1 Å². The van der Waals surface area contributed by atoms with Crippen LogP contribution in [0.3, 0.4) is 0 Å². The SMILES string of the molecule is CC(C)n1nc(C(=O)NNC(=O)CCc2ncc(-c3ccccc3Cl)o2)c2ccccc2c1=O. The van der Waals surface area contributed by atoms with Crippen LogP contribution in [-0.2, 0) is 11.2 Å². The maximum Gasteiger partial charge on any atom is 0.290 e. The zero-order valence-electron chi connectivity index (χ0n) is 18.5. The van der Waals surface area contributed by atoms with Gasteiger partial charge < -0.3 is 4.42 Å². The number of aromatic nitrogens is 3. The summed E-state index contributed by atoms with van der Waals surface area (Å²) in [5, 5.41) is 5.53. The van der Waals surface area contributed by atoms with Crippen LogP contribution in [0.2, 0.25) is 5.02 Å². The van der Waals surface area contributed by atoms with Gasteiger partial charge in [0.15, 0.2) is 17.3 Å². The third kappa shape index (κ3) is 4.84. The summed E-state index contributed by atoms with van der Waals surface area (Å²) in [6.45, 7) is 3.60. The van der Waals surface area contributed by atoms with E-state index >= 15 is 0 Å². The fourth-order valence-corrected chi connectivity index (χ4v) is 3.63. The highest BCUT2D eigenvalue weighted by molar-refractivity contribution is 6.33. The highest BCUT2D eigenvalue weighted by atomic mass is 35.5. The molecule has 34 heavy (non-hydrogen) atoms. The van der Waals surface area contributed by atoms with Gasteiger partial charge in [-0.3, -0.25) is 25.2 Å². The number of rotatable bonds is 6. The van der Waals surface area contributed by atoms with Crippen LogP contribution in [0.1, 0.15) is 42.7 Å². The molecule has 10 heteroatoms. The smallest absolute Gasteiger partial charge is 0.290 e. The molecule has 0 aliphatic heterocycles. The highest BCUT2D eigenvalue weighted by Gasteiger charge is 2.18. The number of nitrogens with one attached hydrogen (secondary N) is 2. The Morgan fingerprint density at radius 2 is 1.76 bits per heavy atom. The number of amides is 2. The van der Waals surface area contributed by atoms with Gasteiger partial charge in [-0.15, -0.1) is 0 Å². The lowest BCUT2D eigenvalue weighted by Crippen LogP contribution is -2.43. The molecule has 0 radical (unpaired) electrons. The van der Waals surface area contributed by atoms with E-state index in [4.69, 9.17) is 16.0 Å². The van der Waals surface area contributed by atoms with Gasteiger partial charge in [0.1, 0.15) is 0 Å². The number of hydrogen-bond donors (Lipinski definition) is 2. The number of halogens is 1. The van der Waals surface area contributed by atoms with E-state index in [2.05, 4.69) is 20.9 Å². The van der Waals surface area contributed by atoms with Gasteiger partial charge >= 0.3 is 0 Å². The number of fused-ring (bicyclic) bond motifs is 1. The maximum absolute atomic E-state index is 12.8. The Balaban J connectivity index is 1.40. The lowest BCUT2D eigenvalue weighted by molar-refractivity contribution is -0.121. The summed E-state index contributed by atoms with van der Waals surface area (Å²) in [5.41, 5.74) is 5.21. The zero-order valence-corrected chi connectivity index (χ0v) is 19.3. The predicted octanol–water partition coefficient (Wildman–Crippen LogP) is 3.68. The van der Waals surface area contributed by atoms with Crippen LogP contribution >= 0.6 is 11.6 Å². The molecule has 4 aromatic rings. The minimum absolute atomic E-state index is 0.0302. The summed E-state index contributed by atoms with van der Waals surface area (Å²) in [4.78, 5) is 41.9. The van der Waals surface area contributed by atoms with Crippen molar-refractivity contribution in [2.45, 2.75) is 32.7 Å². The van der Waals surface area contributed by atoms with Crippen LogP contribution in [0.4, 0.5) is 0 Å². The van der Waals surface area contributed by atoms with E-state index in [9.17, 15) is 14.4 Å². The molecule has 0 saturated carbocycles. The van der Waals surface area contributed by atoms with E-state index in [1.54, 1.807) is 50.4 Å². The van der Waals surface area contributed by atoms with Crippen LogP contribution < -0.4 is 16.4 Å². The van der Waals surface area contributed by atoms with Crippen molar-refractivity contribution in [3.63, 3.8) is 0 Å². The predicted molar refractivity (Wildman–Crippen MR) is 127 cm³/mol. The standard InChI is InChI=1S/C24H22ClN5O4/c1-14(2)30-24(33)16-8-4-3-7-15(16)22(29-30)23(32)28-27-20(31)11-12-21-26-13-19(34-21)17-9-5-6-10-18(17)25/h3-10,13-14H,11-12H2,1-2H3,(H,27,31)(H,28,32). The Hall–Kier alpha value is -3.98. The van der Waals surface area contributed by atoms with E-state index in [1.807, 2.05) is 18.2 Å². The van der Waals surface area contributed by atoms with Crippen LogP contribution in [0.5, 0.6) is 0 Å². The number of oxazole rings is 1. The molecule has 2 N–H and O–H groups in total. The molecule has 0 aliphatic carbocycles. The van der Waals surface area contributed by atoms with Gasteiger partial charge in [0.05, 0.1) is 22.6 Å². The third-order valence-electron chi connectivity index (χ3n) is 5.11. The van der Waals surface area contributed by atoms with Gasteiger partial charge in [0.2, 0.25) is 5.91 Å². The van der Waals surface area contributed by atoms with Gasteiger partial charge in [0.25, 0.3) is 11.5 Å². The quantitative estimate of drug-likeness (QED) is 0.407. The van der Waals surface area contributed by atoms with Crippen molar-refractivity contribution < 1.29 is 14.0 Å². The fourth-order valence-electron chi connectivity index (χ4n) is 3.40. The molecule has 0 unspecified atom stereocenters. The number of benzene rings is 2. The zero-order chi connectivity index (χ0) is 24.2. The Morgan fingerprint density at radius 3 is 2.50 bits per heavy atom. The molecule has 2 heterocycles. The van der Waals surface area contributed by atoms with E-state index in [0.717, 1.165) is 0 Å². The van der Waals surface area contributed by atoms with Crippen molar-refractivity contribution in [3.8, 4) is 11.3 Å². The number of nitrogens with zero attached hydrogens (tertiary/aromatic N) is 3. The second kappa shape index (κ2) is 9.88. The summed E-state index contributed by atoms with van der Waals surface area (Å²) in [5.74, 6) is -0.191. The maximum atomic E-state index is 12.8. The largest absolute Gasteiger partial charge is 0.441 e. The van der Waals surface area contributed by atoms with Gasteiger partial charge in [-0.05, 0) is 32.0 Å². The molecule has 0 spiro atoms. The molecule has 4 rings (SSSR count). The van der Waals surface area contributed by atoms with Crippen molar-refractivity contribution in [3.05, 3.63) is 81.7 Å². The summed E-state index contributed by atoms with van der Waals surface area (Å²) < 4.78 is 6.93. The molecule has 2 aromatic heterocycles. The molecule has 0 bridgehead atoms. The molecule has 2 amide bonds. The fraction of sp³-hybridized carbons (Fsp3) is 0.208. The highest BCUT2D eigenvalue weighted by Crippen LogP contribution is 2.28. The normalized spacial score (nSPS) is 11.1. The average molecular weight is 480 g/mol. The van der Waals surface area contributed by atoms with Gasteiger partial charge in [-0.2, -0.15) is 5.10 Å². The molecule has 0 aliphatic rings. The monoisotopic (exact) mass is 479 g/mol. The van der Waals surface area contributed by atoms with Crippen molar-refractivity contribution >= 4 is 34.2 Å².